The molecule has 0 bridgehead atoms. The fourth-order valence-electron chi connectivity index (χ4n) is 1.56. The first-order valence-corrected chi connectivity index (χ1v) is 6.27. The normalized spacial score (nSPS) is 11.7. The second kappa shape index (κ2) is 5.28. The molecule has 0 radical (unpaired) electrons. The lowest BCUT2D eigenvalue weighted by molar-refractivity contribution is -0.126. The molecule has 1 N–H and O–H groups in total. The highest BCUT2D eigenvalue weighted by Crippen LogP contribution is 2.32. The predicted octanol–water partition coefficient (Wildman–Crippen LogP) is 3.80. The van der Waals surface area contributed by atoms with Gasteiger partial charge in [-0.2, -0.15) is 0 Å². The quantitative estimate of drug-likeness (QED) is 0.892. The minimum absolute atomic E-state index is 0.0447. The molecule has 1 aromatic rings. The van der Waals surface area contributed by atoms with E-state index >= 15 is 0 Å². The molecule has 1 rings (SSSR count). The van der Waals surface area contributed by atoms with Gasteiger partial charge >= 0.3 is 0 Å². The molecule has 94 valence electrons. The molecule has 1 amide bonds. The van der Waals surface area contributed by atoms with Gasteiger partial charge in [0.15, 0.2) is 0 Å². The maximum atomic E-state index is 12.1. The van der Waals surface area contributed by atoms with Gasteiger partial charge in [-0.15, -0.1) is 0 Å². The summed E-state index contributed by atoms with van der Waals surface area (Å²) < 4.78 is 0. The number of carbonyl (C=O) groups is 1. The van der Waals surface area contributed by atoms with Gasteiger partial charge in [-0.1, -0.05) is 29.3 Å². The number of amides is 1. The molecule has 0 saturated heterocycles. The van der Waals surface area contributed by atoms with Crippen molar-refractivity contribution < 1.29 is 4.79 Å². The van der Waals surface area contributed by atoms with Crippen molar-refractivity contribution >= 4 is 29.1 Å². The van der Waals surface area contributed by atoms with Crippen molar-refractivity contribution in [3.8, 4) is 0 Å². The third kappa shape index (κ3) is 3.36. The molecule has 0 saturated carbocycles. The van der Waals surface area contributed by atoms with E-state index in [-0.39, 0.29) is 11.9 Å². The average Bonchev–Trinajstić information content (AvgIpc) is 2.15. The number of rotatable bonds is 3. The van der Waals surface area contributed by atoms with Crippen molar-refractivity contribution in [1.29, 1.82) is 0 Å². The van der Waals surface area contributed by atoms with E-state index in [9.17, 15) is 4.79 Å². The predicted molar refractivity (Wildman–Crippen MR) is 72.8 cm³/mol. The molecule has 0 aliphatic heterocycles. The summed E-state index contributed by atoms with van der Waals surface area (Å²) in [5.41, 5.74) is 0.105. The third-order valence-corrected chi connectivity index (χ3v) is 3.14. The van der Waals surface area contributed by atoms with Crippen molar-refractivity contribution in [2.75, 3.05) is 0 Å². The molecule has 0 aliphatic rings. The van der Waals surface area contributed by atoms with Crippen LogP contribution in [0.4, 0.5) is 0 Å². The van der Waals surface area contributed by atoms with Gasteiger partial charge < -0.3 is 5.32 Å². The summed E-state index contributed by atoms with van der Waals surface area (Å²) in [4.78, 5) is 12.1. The largest absolute Gasteiger partial charge is 0.353 e. The van der Waals surface area contributed by atoms with E-state index < -0.39 is 5.41 Å². The Bertz CT molecular complexity index is 427. The van der Waals surface area contributed by atoms with Gasteiger partial charge in [-0.3, -0.25) is 4.79 Å². The average molecular weight is 274 g/mol. The number of halogens is 2. The van der Waals surface area contributed by atoms with Crippen molar-refractivity contribution in [2.45, 2.75) is 39.2 Å². The van der Waals surface area contributed by atoms with Gasteiger partial charge in [0.1, 0.15) is 0 Å². The summed E-state index contributed by atoms with van der Waals surface area (Å²) in [6.45, 7) is 7.55. The lowest BCUT2D eigenvalue weighted by atomic mass is 9.83. The van der Waals surface area contributed by atoms with Crippen molar-refractivity contribution in [2.24, 2.45) is 0 Å². The lowest BCUT2D eigenvalue weighted by Gasteiger charge is -2.26. The first kappa shape index (κ1) is 14.3. The number of benzene rings is 1. The minimum Gasteiger partial charge on any atom is -0.353 e. The summed E-state index contributed by atoms with van der Waals surface area (Å²) in [5.74, 6) is -0.0447. The van der Waals surface area contributed by atoms with Crippen LogP contribution in [0.2, 0.25) is 10.0 Å². The van der Waals surface area contributed by atoms with Gasteiger partial charge in [0.25, 0.3) is 0 Å². The summed E-state index contributed by atoms with van der Waals surface area (Å²) in [6, 6.07) is 5.30. The van der Waals surface area contributed by atoms with E-state index in [1.54, 1.807) is 18.2 Å². The van der Waals surface area contributed by atoms with Gasteiger partial charge in [-0.05, 0) is 45.4 Å². The molecule has 0 spiro atoms. The second-order valence-corrected chi connectivity index (χ2v) is 5.72. The maximum Gasteiger partial charge on any atom is 0.230 e. The second-order valence-electron chi connectivity index (χ2n) is 4.88. The van der Waals surface area contributed by atoms with Crippen LogP contribution in [0.1, 0.15) is 33.3 Å². The van der Waals surface area contributed by atoms with E-state index in [0.29, 0.717) is 10.0 Å². The zero-order chi connectivity index (χ0) is 13.2. The molecule has 2 nitrogen and oxygen atoms in total. The molecule has 0 unspecified atom stereocenters. The molecule has 0 heterocycles. The van der Waals surface area contributed by atoms with Crippen LogP contribution in [-0.4, -0.2) is 11.9 Å². The highest BCUT2D eigenvalue weighted by Gasteiger charge is 2.31. The van der Waals surface area contributed by atoms with E-state index in [2.05, 4.69) is 5.32 Å². The number of carbonyl (C=O) groups excluding carboxylic acids is 1. The van der Waals surface area contributed by atoms with Gasteiger partial charge in [-0.25, -0.2) is 0 Å². The molecule has 0 fully saturated rings. The number of hydrogen-bond donors (Lipinski definition) is 1. The SMILES string of the molecule is CC(C)NC(=O)C(C)(C)c1ccc(Cl)cc1Cl. The monoisotopic (exact) mass is 273 g/mol. The highest BCUT2D eigenvalue weighted by atomic mass is 35.5. The van der Waals surface area contributed by atoms with E-state index in [1.807, 2.05) is 27.7 Å². The standard InChI is InChI=1S/C13H17Cl2NO/c1-8(2)16-12(17)13(3,4)10-6-5-9(14)7-11(10)15/h5-8H,1-4H3,(H,16,17). The maximum absolute atomic E-state index is 12.1. The Kier molecular flexibility index (Phi) is 4.45. The van der Waals surface area contributed by atoms with Crippen LogP contribution in [0, 0.1) is 0 Å². The van der Waals surface area contributed by atoms with Crippen molar-refractivity contribution in [3.63, 3.8) is 0 Å². The summed E-state index contributed by atoms with van der Waals surface area (Å²) in [7, 11) is 0. The molecule has 0 atom stereocenters. The van der Waals surface area contributed by atoms with Gasteiger partial charge in [0.2, 0.25) is 5.91 Å². The Morgan fingerprint density at radius 1 is 1.29 bits per heavy atom. The molecule has 0 aromatic heterocycles. The fraction of sp³-hybridized carbons (Fsp3) is 0.462. The first-order valence-electron chi connectivity index (χ1n) is 5.51. The van der Waals surface area contributed by atoms with Crippen LogP contribution in [0.3, 0.4) is 0 Å². The molecular weight excluding hydrogens is 257 g/mol. The summed E-state index contributed by atoms with van der Waals surface area (Å²) in [6.07, 6.45) is 0. The highest BCUT2D eigenvalue weighted by molar-refractivity contribution is 6.35. The van der Waals surface area contributed by atoms with Crippen LogP contribution >= 0.6 is 23.2 Å². The zero-order valence-electron chi connectivity index (χ0n) is 10.5. The third-order valence-electron chi connectivity index (χ3n) is 2.59. The zero-order valence-corrected chi connectivity index (χ0v) is 12.0. The first-order chi connectivity index (χ1) is 7.75. The molecule has 0 aliphatic carbocycles. The van der Waals surface area contributed by atoms with Crippen molar-refractivity contribution in [3.05, 3.63) is 33.8 Å². The Morgan fingerprint density at radius 3 is 2.35 bits per heavy atom. The van der Waals surface area contributed by atoms with Crippen LogP contribution in [0.25, 0.3) is 0 Å². The molecule has 4 heteroatoms. The summed E-state index contributed by atoms with van der Waals surface area (Å²) >= 11 is 12.0. The molecule has 17 heavy (non-hydrogen) atoms. The van der Waals surface area contributed by atoms with Crippen LogP contribution in [-0.2, 0) is 10.2 Å². The Balaban J connectivity index is 3.08. The Hall–Kier alpha value is -0.730. The van der Waals surface area contributed by atoms with Crippen LogP contribution in [0.5, 0.6) is 0 Å². The van der Waals surface area contributed by atoms with E-state index in [4.69, 9.17) is 23.2 Å². The van der Waals surface area contributed by atoms with Crippen LogP contribution < -0.4 is 5.32 Å². The lowest BCUT2D eigenvalue weighted by Crippen LogP contribution is -2.43. The van der Waals surface area contributed by atoms with Gasteiger partial charge in [0, 0.05) is 16.1 Å². The van der Waals surface area contributed by atoms with Gasteiger partial charge in [0.05, 0.1) is 5.41 Å². The minimum atomic E-state index is -0.675. The van der Waals surface area contributed by atoms with E-state index in [1.165, 1.54) is 0 Å². The fourth-order valence-corrected chi connectivity index (χ4v) is 2.21. The Labute approximate surface area is 112 Å². The number of hydrogen-bond acceptors (Lipinski definition) is 1. The topological polar surface area (TPSA) is 29.1 Å². The van der Waals surface area contributed by atoms with E-state index in [0.717, 1.165) is 5.56 Å². The molecular formula is C13H17Cl2NO. The molecule has 1 aromatic carbocycles. The Morgan fingerprint density at radius 2 is 1.88 bits per heavy atom. The van der Waals surface area contributed by atoms with Crippen LogP contribution in [0.15, 0.2) is 18.2 Å². The summed E-state index contributed by atoms with van der Waals surface area (Å²) in [5, 5.41) is 3.98. The number of nitrogens with one attached hydrogen (secondary N) is 1. The van der Waals surface area contributed by atoms with Crippen molar-refractivity contribution in [1.82, 2.24) is 5.32 Å². The smallest absolute Gasteiger partial charge is 0.230 e.